The van der Waals surface area contributed by atoms with E-state index in [2.05, 4.69) is 88.6 Å². The van der Waals surface area contributed by atoms with E-state index < -0.39 is 5.60 Å². The maximum atomic E-state index is 9.56. The second kappa shape index (κ2) is 9.49. The summed E-state index contributed by atoms with van der Waals surface area (Å²) < 4.78 is 6.59. The molecule has 1 spiro atoms. The predicted molar refractivity (Wildman–Crippen MR) is 147 cm³/mol. The van der Waals surface area contributed by atoms with Gasteiger partial charge in [-0.15, -0.1) is 0 Å². The SMILES string of the molecule is [C-]#[N+]/C(C#N)=C1C=C(/C=C/c2ccc(N3CCCc4ccccc43)cc2)OC2(C\1)Cc1ccccc1C2. The smallest absolute Gasteiger partial charge is 0.265 e. The first-order valence-electron chi connectivity index (χ1n) is 12.8. The van der Waals surface area contributed by atoms with Gasteiger partial charge in [-0.3, -0.25) is 0 Å². The van der Waals surface area contributed by atoms with Gasteiger partial charge in [0.2, 0.25) is 0 Å². The van der Waals surface area contributed by atoms with E-state index in [1.54, 1.807) is 0 Å². The highest BCUT2D eigenvalue weighted by atomic mass is 16.5. The second-order valence-electron chi connectivity index (χ2n) is 10.0. The Morgan fingerprint density at radius 2 is 1.62 bits per heavy atom. The summed E-state index contributed by atoms with van der Waals surface area (Å²) in [6, 6.07) is 27.7. The van der Waals surface area contributed by atoms with E-state index in [0.29, 0.717) is 12.2 Å². The summed E-state index contributed by atoms with van der Waals surface area (Å²) in [5.74, 6) is 0.694. The molecule has 4 nitrogen and oxygen atoms in total. The van der Waals surface area contributed by atoms with Crippen molar-refractivity contribution in [3.8, 4) is 6.07 Å². The van der Waals surface area contributed by atoms with Gasteiger partial charge in [0.15, 0.2) is 0 Å². The predicted octanol–water partition coefficient (Wildman–Crippen LogP) is 7.32. The van der Waals surface area contributed by atoms with E-state index in [1.165, 1.54) is 28.1 Å². The molecular formula is C33H27N3O. The lowest BCUT2D eigenvalue weighted by molar-refractivity contribution is 0.0108. The first-order chi connectivity index (χ1) is 18.2. The molecule has 0 unspecified atom stereocenters. The number of allylic oxidation sites excluding steroid dienone is 3. The molecule has 0 bridgehead atoms. The summed E-state index contributed by atoms with van der Waals surface area (Å²) in [5.41, 5.74) is 7.99. The topological polar surface area (TPSA) is 40.6 Å². The van der Waals surface area contributed by atoms with Gasteiger partial charge in [-0.2, -0.15) is 0 Å². The van der Waals surface area contributed by atoms with E-state index >= 15 is 0 Å². The van der Waals surface area contributed by atoms with Gasteiger partial charge in [-0.25, -0.2) is 10.1 Å². The van der Waals surface area contributed by atoms with Crippen LogP contribution in [0, 0.1) is 17.9 Å². The third-order valence-corrected chi connectivity index (χ3v) is 7.58. The molecule has 0 N–H and O–H groups in total. The summed E-state index contributed by atoms with van der Waals surface area (Å²) in [7, 11) is 0. The van der Waals surface area contributed by atoms with Crippen LogP contribution in [0.5, 0.6) is 0 Å². The molecule has 0 amide bonds. The number of hydrogen-bond donors (Lipinski definition) is 0. The molecule has 0 aromatic heterocycles. The Morgan fingerprint density at radius 1 is 0.919 bits per heavy atom. The van der Waals surface area contributed by atoms with Crippen molar-refractivity contribution < 1.29 is 4.74 Å². The number of anilines is 2. The van der Waals surface area contributed by atoms with Crippen LogP contribution in [0.15, 0.2) is 102 Å². The van der Waals surface area contributed by atoms with Crippen LogP contribution in [-0.2, 0) is 24.0 Å². The van der Waals surface area contributed by atoms with Crippen molar-refractivity contribution in [3.63, 3.8) is 0 Å². The normalized spacial score (nSPS) is 18.9. The van der Waals surface area contributed by atoms with Gasteiger partial charge in [-0.05, 0) is 71.0 Å². The van der Waals surface area contributed by atoms with Crippen LogP contribution in [-0.4, -0.2) is 12.1 Å². The molecule has 4 heteroatoms. The molecule has 3 aromatic carbocycles. The minimum Gasteiger partial charge on any atom is -0.486 e. The quantitative estimate of drug-likeness (QED) is 0.291. The minimum absolute atomic E-state index is 0.149. The molecule has 3 aromatic rings. The Labute approximate surface area is 218 Å². The molecule has 0 saturated carbocycles. The molecule has 0 atom stereocenters. The molecule has 0 radical (unpaired) electrons. The Bertz CT molecular complexity index is 1490. The monoisotopic (exact) mass is 481 g/mol. The fourth-order valence-corrected chi connectivity index (χ4v) is 5.89. The molecular weight excluding hydrogens is 454 g/mol. The number of fused-ring (bicyclic) bond motifs is 2. The van der Waals surface area contributed by atoms with Crippen LogP contribution in [0.25, 0.3) is 10.9 Å². The number of nitrogens with zero attached hydrogens (tertiary/aromatic N) is 3. The third kappa shape index (κ3) is 4.44. The van der Waals surface area contributed by atoms with Crippen LogP contribution in [0.1, 0.15) is 35.1 Å². The average molecular weight is 482 g/mol. The fourth-order valence-electron chi connectivity index (χ4n) is 5.89. The highest BCUT2D eigenvalue weighted by molar-refractivity contribution is 5.69. The van der Waals surface area contributed by atoms with Gasteiger partial charge in [0.25, 0.3) is 5.70 Å². The molecule has 37 heavy (non-hydrogen) atoms. The Balaban J connectivity index is 1.26. The summed E-state index contributed by atoms with van der Waals surface area (Å²) in [4.78, 5) is 5.89. The third-order valence-electron chi connectivity index (χ3n) is 7.58. The van der Waals surface area contributed by atoms with Gasteiger partial charge in [0, 0.05) is 37.2 Å². The first-order valence-corrected chi connectivity index (χ1v) is 12.8. The number of benzene rings is 3. The number of para-hydroxylation sites is 1. The molecule has 3 aliphatic rings. The van der Waals surface area contributed by atoms with Crippen LogP contribution < -0.4 is 4.90 Å². The van der Waals surface area contributed by atoms with Crippen molar-refractivity contribution >= 4 is 17.5 Å². The number of rotatable bonds is 3. The number of ether oxygens (including phenoxy) is 1. The van der Waals surface area contributed by atoms with Gasteiger partial charge in [0.1, 0.15) is 11.4 Å². The zero-order chi connectivity index (χ0) is 25.2. The van der Waals surface area contributed by atoms with Crippen molar-refractivity contribution in [1.29, 1.82) is 5.26 Å². The average Bonchev–Trinajstić information content (AvgIpc) is 3.29. The lowest BCUT2D eigenvalue weighted by Gasteiger charge is -2.35. The fraction of sp³-hybridized carbons (Fsp3) is 0.212. The van der Waals surface area contributed by atoms with E-state index in [1.807, 2.05) is 18.2 Å². The van der Waals surface area contributed by atoms with Crippen LogP contribution in [0.2, 0.25) is 0 Å². The van der Waals surface area contributed by atoms with Gasteiger partial charge in [-0.1, -0.05) is 60.7 Å². The summed E-state index contributed by atoms with van der Waals surface area (Å²) in [5, 5.41) is 9.56. The number of nitriles is 1. The molecule has 180 valence electrons. The number of hydrogen-bond acceptors (Lipinski definition) is 3. The zero-order valence-corrected chi connectivity index (χ0v) is 20.7. The molecule has 0 saturated heterocycles. The van der Waals surface area contributed by atoms with Crippen molar-refractivity contribution in [2.75, 3.05) is 11.4 Å². The largest absolute Gasteiger partial charge is 0.486 e. The zero-order valence-electron chi connectivity index (χ0n) is 20.7. The first kappa shape index (κ1) is 22.9. The molecule has 0 fully saturated rings. The molecule has 1 aliphatic carbocycles. The molecule has 6 rings (SSSR count). The van der Waals surface area contributed by atoms with Crippen LogP contribution in [0.3, 0.4) is 0 Å². The summed E-state index contributed by atoms with van der Waals surface area (Å²) in [6.45, 7) is 8.51. The van der Waals surface area contributed by atoms with Crippen molar-refractivity contribution in [2.24, 2.45) is 0 Å². The number of aryl methyl sites for hydroxylation is 1. The summed E-state index contributed by atoms with van der Waals surface area (Å²) in [6.07, 6.45) is 10.3. The highest BCUT2D eigenvalue weighted by Gasteiger charge is 2.42. The maximum absolute atomic E-state index is 9.56. The molecule has 2 aliphatic heterocycles. The standard InChI is InChI=1S/C33H27N3O/c1-35-31(23-34)28-19-30(37-33(22-28)20-26-8-2-3-9-27(26)21-33)17-14-24-12-15-29(16-13-24)36-18-6-10-25-7-4-5-11-32(25)36/h2-5,7-9,11-17,19H,6,10,18,20-22H2/b17-14+,31-28+. The van der Waals surface area contributed by atoms with Gasteiger partial charge >= 0.3 is 0 Å². The summed E-state index contributed by atoms with van der Waals surface area (Å²) >= 11 is 0. The van der Waals surface area contributed by atoms with Crippen molar-refractivity contribution in [2.45, 2.75) is 37.7 Å². The van der Waals surface area contributed by atoms with E-state index in [-0.39, 0.29) is 5.70 Å². The second-order valence-corrected chi connectivity index (χ2v) is 10.0. The van der Waals surface area contributed by atoms with Gasteiger partial charge in [0.05, 0.1) is 12.6 Å². The Kier molecular flexibility index (Phi) is 5.87. The Hall–Kier alpha value is -4.54. The lowest BCUT2D eigenvalue weighted by atomic mass is 9.87. The molecule has 2 heterocycles. The van der Waals surface area contributed by atoms with E-state index in [0.717, 1.165) is 43.4 Å². The minimum atomic E-state index is -0.453. The van der Waals surface area contributed by atoms with E-state index in [9.17, 15) is 5.26 Å². The Morgan fingerprint density at radius 3 is 2.32 bits per heavy atom. The lowest BCUT2D eigenvalue weighted by Crippen LogP contribution is -2.36. The van der Waals surface area contributed by atoms with E-state index in [4.69, 9.17) is 11.3 Å². The van der Waals surface area contributed by atoms with Crippen molar-refractivity contribution in [1.82, 2.24) is 0 Å². The van der Waals surface area contributed by atoms with Gasteiger partial charge < -0.3 is 9.64 Å². The highest BCUT2D eigenvalue weighted by Crippen LogP contribution is 2.43. The van der Waals surface area contributed by atoms with Crippen molar-refractivity contribution in [3.05, 3.63) is 136 Å². The van der Waals surface area contributed by atoms with Crippen LogP contribution in [0.4, 0.5) is 11.4 Å². The maximum Gasteiger partial charge on any atom is 0.265 e. The van der Waals surface area contributed by atoms with Crippen LogP contribution >= 0.6 is 0 Å².